The first kappa shape index (κ1) is 12.3. The highest BCUT2D eigenvalue weighted by atomic mass is 35.5. The summed E-state index contributed by atoms with van der Waals surface area (Å²) < 4.78 is 0. The van der Waals surface area contributed by atoms with Crippen LogP contribution in [0.3, 0.4) is 0 Å². The predicted octanol–water partition coefficient (Wildman–Crippen LogP) is 2.75. The second-order valence-corrected chi connectivity index (χ2v) is 3.77. The number of benzene rings is 1. The van der Waals surface area contributed by atoms with Gasteiger partial charge in [0.15, 0.2) is 5.82 Å². The summed E-state index contributed by atoms with van der Waals surface area (Å²) in [5.41, 5.74) is 0.421. The van der Waals surface area contributed by atoms with Crippen molar-refractivity contribution in [3.8, 4) is 11.4 Å². The minimum atomic E-state index is -0.608. The number of hydrogen-bond donors (Lipinski definition) is 1. The third-order valence-corrected chi connectivity index (χ3v) is 2.56. The molecule has 0 atom stereocenters. The zero-order chi connectivity index (χ0) is 13.1. The number of hydrogen-bond acceptors (Lipinski definition) is 5. The van der Waals surface area contributed by atoms with E-state index in [2.05, 4.69) is 15.3 Å². The van der Waals surface area contributed by atoms with Crippen LogP contribution >= 0.6 is 11.6 Å². The van der Waals surface area contributed by atoms with Gasteiger partial charge in [0, 0.05) is 12.6 Å². The summed E-state index contributed by atoms with van der Waals surface area (Å²) in [5, 5.41) is 13.3. The van der Waals surface area contributed by atoms with Crippen LogP contribution in [0.15, 0.2) is 30.3 Å². The topological polar surface area (TPSA) is 81.0 Å². The Balaban J connectivity index is 2.60. The maximum absolute atomic E-state index is 10.9. The highest BCUT2D eigenvalue weighted by molar-refractivity contribution is 6.32. The molecule has 92 valence electrons. The molecule has 0 unspecified atom stereocenters. The van der Waals surface area contributed by atoms with Gasteiger partial charge < -0.3 is 5.32 Å². The van der Waals surface area contributed by atoms with Crippen molar-refractivity contribution in [3.05, 3.63) is 45.6 Å². The van der Waals surface area contributed by atoms with Crippen molar-refractivity contribution in [2.75, 3.05) is 12.4 Å². The van der Waals surface area contributed by atoms with Gasteiger partial charge in [0.2, 0.25) is 11.0 Å². The van der Waals surface area contributed by atoms with Crippen molar-refractivity contribution in [2.45, 2.75) is 0 Å². The van der Waals surface area contributed by atoms with E-state index in [1.807, 2.05) is 18.2 Å². The van der Waals surface area contributed by atoms with Gasteiger partial charge in [0.05, 0.1) is 4.92 Å². The SMILES string of the molecule is CNc1nc(-c2ccccc2)nc(Cl)c1[N+](=O)[O-]. The van der Waals surface area contributed by atoms with Crippen LogP contribution in [0.5, 0.6) is 0 Å². The van der Waals surface area contributed by atoms with Gasteiger partial charge in [-0.3, -0.25) is 10.1 Å². The number of rotatable bonds is 3. The average Bonchev–Trinajstić information content (AvgIpc) is 2.38. The fourth-order valence-electron chi connectivity index (χ4n) is 1.48. The second-order valence-electron chi connectivity index (χ2n) is 3.41. The van der Waals surface area contributed by atoms with Gasteiger partial charge in [-0.25, -0.2) is 9.97 Å². The van der Waals surface area contributed by atoms with E-state index in [4.69, 9.17) is 11.6 Å². The first-order valence-electron chi connectivity index (χ1n) is 5.08. The summed E-state index contributed by atoms with van der Waals surface area (Å²) in [6, 6.07) is 9.11. The molecule has 0 saturated heterocycles. The van der Waals surface area contributed by atoms with E-state index >= 15 is 0 Å². The van der Waals surface area contributed by atoms with E-state index in [1.165, 1.54) is 0 Å². The Morgan fingerprint density at radius 1 is 1.28 bits per heavy atom. The maximum atomic E-state index is 10.9. The van der Waals surface area contributed by atoms with E-state index in [0.29, 0.717) is 5.82 Å². The van der Waals surface area contributed by atoms with Crippen molar-refractivity contribution in [1.82, 2.24) is 9.97 Å². The lowest BCUT2D eigenvalue weighted by atomic mass is 10.2. The summed E-state index contributed by atoms with van der Waals surface area (Å²) >= 11 is 5.83. The van der Waals surface area contributed by atoms with Gasteiger partial charge in [-0.05, 0) is 0 Å². The molecule has 7 heteroatoms. The highest BCUT2D eigenvalue weighted by Crippen LogP contribution is 2.31. The maximum Gasteiger partial charge on any atom is 0.348 e. The third-order valence-electron chi connectivity index (χ3n) is 2.29. The molecule has 0 saturated carbocycles. The standard InChI is InChI=1S/C11H9ClN4O2/c1-13-11-8(16(17)18)9(12)14-10(15-11)7-5-3-2-4-6-7/h2-6H,1H3,(H,13,14,15). The Hall–Kier alpha value is -2.21. The summed E-state index contributed by atoms with van der Waals surface area (Å²) in [5.74, 6) is 0.439. The molecule has 2 aromatic rings. The molecule has 1 aromatic carbocycles. The molecule has 0 spiro atoms. The molecule has 1 heterocycles. The Morgan fingerprint density at radius 2 is 1.94 bits per heavy atom. The lowest BCUT2D eigenvalue weighted by Crippen LogP contribution is -2.03. The molecule has 6 nitrogen and oxygen atoms in total. The molecule has 1 aromatic heterocycles. The molecule has 0 amide bonds. The van der Waals surface area contributed by atoms with Crippen LogP contribution in [-0.2, 0) is 0 Å². The number of nitrogens with zero attached hydrogens (tertiary/aromatic N) is 3. The summed E-state index contributed by atoms with van der Waals surface area (Å²) in [6.07, 6.45) is 0. The molecule has 0 radical (unpaired) electrons. The van der Waals surface area contributed by atoms with Crippen molar-refractivity contribution in [3.63, 3.8) is 0 Å². The minimum absolute atomic E-state index is 0.0962. The number of halogens is 1. The lowest BCUT2D eigenvalue weighted by Gasteiger charge is -2.05. The molecule has 0 aliphatic rings. The molecule has 18 heavy (non-hydrogen) atoms. The lowest BCUT2D eigenvalue weighted by molar-refractivity contribution is -0.384. The average molecular weight is 265 g/mol. The van der Waals surface area contributed by atoms with Crippen LogP contribution in [0.4, 0.5) is 11.5 Å². The van der Waals surface area contributed by atoms with Crippen molar-refractivity contribution < 1.29 is 4.92 Å². The molecule has 2 rings (SSSR count). The van der Waals surface area contributed by atoms with Crippen molar-refractivity contribution in [1.29, 1.82) is 0 Å². The Kier molecular flexibility index (Phi) is 3.38. The zero-order valence-corrected chi connectivity index (χ0v) is 10.2. The molecule has 1 N–H and O–H groups in total. The number of aromatic nitrogens is 2. The Morgan fingerprint density at radius 3 is 2.50 bits per heavy atom. The second kappa shape index (κ2) is 4.97. The van der Waals surface area contributed by atoms with Crippen LogP contribution in [0.25, 0.3) is 11.4 Å². The van der Waals surface area contributed by atoms with Crippen LogP contribution in [0, 0.1) is 10.1 Å². The van der Waals surface area contributed by atoms with Gasteiger partial charge >= 0.3 is 5.69 Å². The van der Waals surface area contributed by atoms with Crippen molar-refractivity contribution >= 4 is 23.1 Å². The van der Waals surface area contributed by atoms with E-state index in [9.17, 15) is 10.1 Å². The first-order chi connectivity index (χ1) is 8.63. The highest BCUT2D eigenvalue weighted by Gasteiger charge is 2.23. The van der Waals surface area contributed by atoms with E-state index in [1.54, 1.807) is 19.2 Å². The molecule has 0 aliphatic carbocycles. The van der Waals surface area contributed by atoms with E-state index in [0.717, 1.165) is 5.56 Å². The number of anilines is 1. The van der Waals surface area contributed by atoms with Gasteiger partial charge in [0.1, 0.15) is 0 Å². The Bertz CT molecular complexity index is 589. The van der Waals surface area contributed by atoms with E-state index < -0.39 is 4.92 Å². The Labute approximate surface area is 108 Å². The van der Waals surface area contributed by atoms with Gasteiger partial charge in [-0.2, -0.15) is 0 Å². The van der Waals surface area contributed by atoms with Gasteiger partial charge in [-0.15, -0.1) is 0 Å². The molecule has 0 fully saturated rings. The molecule has 0 aliphatic heterocycles. The van der Waals surface area contributed by atoms with Crippen molar-refractivity contribution in [2.24, 2.45) is 0 Å². The fourth-order valence-corrected chi connectivity index (χ4v) is 1.72. The van der Waals surface area contributed by atoms with Crippen LogP contribution in [-0.4, -0.2) is 21.9 Å². The van der Waals surface area contributed by atoms with E-state index in [-0.39, 0.29) is 16.7 Å². The predicted molar refractivity (Wildman–Crippen MR) is 68.7 cm³/mol. The van der Waals surface area contributed by atoms with Gasteiger partial charge in [0.25, 0.3) is 0 Å². The number of nitrogens with one attached hydrogen (secondary N) is 1. The third kappa shape index (κ3) is 2.23. The van der Waals surface area contributed by atoms with Crippen LogP contribution in [0.1, 0.15) is 0 Å². The number of nitro groups is 1. The summed E-state index contributed by atoms with van der Waals surface area (Å²) in [7, 11) is 1.54. The smallest absolute Gasteiger partial charge is 0.348 e. The zero-order valence-electron chi connectivity index (χ0n) is 9.42. The largest absolute Gasteiger partial charge is 0.367 e. The molecule has 0 bridgehead atoms. The summed E-state index contributed by atoms with van der Waals surface area (Å²) in [6.45, 7) is 0. The van der Waals surface area contributed by atoms with Gasteiger partial charge in [-0.1, -0.05) is 41.9 Å². The van der Waals surface area contributed by atoms with Crippen LogP contribution < -0.4 is 5.32 Å². The summed E-state index contributed by atoms with van der Waals surface area (Å²) in [4.78, 5) is 18.3. The molecular formula is C11H9ClN4O2. The minimum Gasteiger partial charge on any atom is -0.367 e. The molecular weight excluding hydrogens is 256 g/mol. The van der Waals surface area contributed by atoms with Crippen LogP contribution in [0.2, 0.25) is 5.15 Å². The monoisotopic (exact) mass is 264 g/mol. The first-order valence-corrected chi connectivity index (χ1v) is 5.46. The fraction of sp³-hybridized carbons (Fsp3) is 0.0909. The normalized spacial score (nSPS) is 10.1. The quantitative estimate of drug-likeness (QED) is 0.524.